The van der Waals surface area contributed by atoms with Gasteiger partial charge in [0.1, 0.15) is 18.2 Å². The van der Waals surface area contributed by atoms with Crippen molar-refractivity contribution in [3.63, 3.8) is 0 Å². The molecule has 0 fully saturated rings. The number of nitrogens with one attached hydrogen (secondary N) is 2. The van der Waals surface area contributed by atoms with Crippen molar-refractivity contribution in [3.8, 4) is 5.75 Å². The maximum Gasteiger partial charge on any atom is 0.191 e. The van der Waals surface area contributed by atoms with Gasteiger partial charge < -0.3 is 20.3 Å². The highest BCUT2D eigenvalue weighted by Crippen LogP contribution is 2.18. The Morgan fingerprint density at radius 3 is 2.54 bits per heavy atom. The second-order valence-corrected chi connectivity index (χ2v) is 6.76. The molecule has 0 aliphatic carbocycles. The van der Waals surface area contributed by atoms with Crippen molar-refractivity contribution in [2.24, 2.45) is 4.99 Å². The largest absolute Gasteiger partial charge is 0.492 e. The first-order chi connectivity index (χ1) is 13.6. The lowest BCUT2D eigenvalue weighted by Gasteiger charge is -2.14. The number of ether oxygens (including phenoxy) is 1. The lowest BCUT2D eigenvalue weighted by Crippen LogP contribution is -2.38. The Labute approximate surface area is 167 Å². The van der Waals surface area contributed by atoms with Crippen LogP contribution in [-0.2, 0) is 13.0 Å². The van der Waals surface area contributed by atoms with Gasteiger partial charge >= 0.3 is 0 Å². The monoisotopic (exact) mass is 386 g/mol. The first-order valence-electron chi connectivity index (χ1n) is 9.70. The third-order valence-electron chi connectivity index (χ3n) is 4.14. The summed E-state index contributed by atoms with van der Waals surface area (Å²) in [5.74, 6) is 1.42. The van der Waals surface area contributed by atoms with E-state index >= 15 is 0 Å². The molecule has 0 saturated heterocycles. The van der Waals surface area contributed by atoms with Crippen molar-refractivity contribution in [3.05, 3.63) is 65.5 Å². The van der Waals surface area contributed by atoms with Gasteiger partial charge in [0.2, 0.25) is 0 Å². The molecule has 0 aliphatic rings. The van der Waals surface area contributed by atoms with E-state index in [1.54, 1.807) is 0 Å². The van der Waals surface area contributed by atoms with E-state index in [4.69, 9.17) is 4.74 Å². The SMILES string of the molecule is CCNC(=NCc1ccccc1OCCN(C)C)NCCc1ccc(F)cc1. The van der Waals surface area contributed by atoms with Gasteiger partial charge in [0, 0.05) is 25.2 Å². The summed E-state index contributed by atoms with van der Waals surface area (Å²) in [6.45, 7) is 5.58. The van der Waals surface area contributed by atoms with E-state index in [2.05, 4.69) is 20.5 Å². The van der Waals surface area contributed by atoms with Gasteiger partial charge in [-0.3, -0.25) is 0 Å². The van der Waals surface area contributed by atoms with Crippen LogP contribution in [0, 0.1) is 5.82 Å². The molecule has 0 radical (unpaired) electrons. The first-order valence-corrected chi connectivity index (χ1v) is 9.70. The zero-order valence-electron chi connectivity index (χ0n) is 17.0. The highest BCUT2D eigenvalue weighted by atomic mass is 19.1. The van der Waals surface area contributed by atoms with Gasteiger partial charge in [-0.05, 0) is 51.2 Å². The molecular weight excluding hydrogens is 355 g/mol. The first kappa shape index (κ1) is 21.7. The predicted octanol–water partition coefficient (Wildman–Crippen LogP) is 3.06. The Morgan fingerprint density at radius 1 is 1.07 bits per heavy atom. The Kier molecular flexibility index (Phi) is 9.28. The lowest BCUT2D eigenvalue weighted by atomic mass is 10.1. The Hall–Kier alpha value is -2.60. The van der Waals surface area contributed by atoms with E-state index in [1.807, 2.05) is 57.4 Å². The zero-order valence-corrected chi connectivity index (χ0v) is 17.0. The maximum absolute atomic E-state index is 13.0. The van der Waals surface area contributed by atoms with Crippen LogP contribution in [0.5, 0.6) is 5.75 Å². The molecule has 0 saturated carbocycles. The van der Waals surface area contributed by atoms with E-state index in [-0.39, 0.29) is 5.82 Å². The smallest absolute Gasteiger partial charge is 0.191 e. The number of rotatable bonds is 10. The fourth-order valence-corrected chi connectivity index (χ4v) is 2.60. The number of nitrogens with zero attached hydrogens (tertiary/aromatic N) is 2. The van der Waals surface area contributed by atoms with Crippen molar-refractivity contribution in [2.45, 2.75) is 19.9 Å². The molecule has 0 spiro atoms. The fraction of sp³-hybridized carbons (Fsp3) is 0.409. The zero-order chi connectivity index (χ0) is 20.2. The molecule has 0 amide bonds. The second kappa shape index (κ2) is 12.0. The summed E-state index contributed by atoms with van der Waals surface area (Å²) >= 11 is 0. The standard InChI is InChI=1S/C22H31FN4O/c1-4-24-22(25-14-13-18-9-11-20(23)12-10-18)26-17-19-7-5-6-8-21(19)28-16-15-27(2)3/h5-12H,4,13-17H2,1-3H3,(H2,24,25,26). The van der Waals surface area contributed by atoms with Crippen LogP contribution in [-0.4, -0.2) is 51.2 Å². The molecule has 28 heavy (non-hydrogen) atoms. The molecule has 152 valence electrons. The topological polar surface area (TPSA) is 48.9 Å². The van der Waals surface area contributed by atoms with Crippen LogP contribution in [0.4, 0.5) is 4.39 Å². The maximum atomic E-state index is 13.0. The number of benzene rings is 2. The number of hydrogen-bond acceptors (Lipinski definition) is 3. The summed E-state index contributed by atoms with van der Waals surface area (Å²) in [6.07, 6.45) is 0.801. The number of para-hydroxylation sites is 1. The molecule has 0 atom stereocenters. The average molecular weight is 387 g/mol. The van der Waals surface area contributed by atoms with E-state index in [0.29, 0.717) is 13.2 Å². The number of likely N-dealkylation sites (N-methyl/N-ethyl adjacent to an activating group) is 1. The van der Waals surface area contributed by atoms with Crippen molar-refractivity contribution in [2.75, 3.05) is 40.3 Å². The van der Waals surface area contributed by atoms with Gasteiger partial charge in [-0.1, -0.05) is 30.3 Å². The molecule has 2 aromatic rings. The predicted molar refractivity (Wildman–Crippen MR) is 113 cm³/mol. The quantitative estimate of drug-likeness (QED) is 0.487. The van der Waals surface area contributed by atoms with Crippen LogP contribution < -0.4 is 15.4 Å². The van der Waals surface area contributed by atoms with Crippen LogP contribution in [0.25, 0.3) is 0 Å². The molecule has 0 unspecified atom stereocenters. The Morgan fingerprint density at radius 2 is 1.82 bits per heavy atom. The molecule has 0 bridgehead atoms. The van der Waals surface area contributed by atoms with Crippen molar-refractivity contribution < 1.29 is 9.13 Å². The van der Waals surface area contributed by atoms with Crippen LogP contribution in [0.1, 0.15) is 18.1 Å². The van der Waals surface area contributed by atoms with Crippen LogP contribution in [0.3, 0.4) is 0 Å². The van der Waals surface area contributed by atoms with Gasteiger partial charge in [-0.2, -0.15) is 0 Å². The third-order valence-corrected chi connectivity index (χ3v) is 4.14. The van der Waals surface area contributed by atoms with E-state index < -0.39 is 0 Å². The molecule has 5 nitrogen and oxygen atoms in total. The molecule has 6 heteroatoms. The Bertz CT molecular complexity index is 732. The molecule has 2 rings (SSSR count). The number of halogens is 1. The van der Waals surface area contributed by atoms with E-state index in [1.165, 1.54) is 12.1 Å². The fourth-order valence-electron chi connectivity index (χ4n) is 2.60. The highest BCUT2D eigenvalue weighted by Gasteiger charge is 2.04. The van der Waals surface area contributed by atoms with E-state index in [0.717, 1.165) is 48.9 Å². The van der Waals surface area contributed by atoms with Gasteiger partial charge in [-0.15, -0.1) is 0 Å². The van der Waals surface area contributed by atoms with Crippen LogP contribution in [0.2, 0.25) is 0 Å². The molecule has 0 aromatic heterocycles. The summed E-state index contributed by atoms with van der Waals surface area (Å²) in [4.78, 5) is 6.77. The van der Waals surface area contributed by atoms with Crippen LogP contribution in [0.15, 0.2) is 53.5 Å². The molecule has 0 aliphatic heterocycles. The molecule has 2 aromatic carbocycles. The Balaban J connectivity index is 1.91. The third kappa shape index (κ3) is 7.96. The van der Waals surface area contributed by atoms with Crippen molar-refractivity contribution in [1.82, 2.24) is 15.5 Å². The summed E-state index contributed by atoms with van der Waals surface area (Å²) in [5, 5.41) is 6.59. The van der Waals surface area contributed by atoms with Gasteiger partial charge in [0.25, 0.3) is 0 Å². The average Bonchev–Trinajstić information content (AvgIpc) is 2.68. The van der Waals surface area contributed by atoms with Gasteiger partial charge in [0.15, 0.2) is 5.96 Å². The molecule has 2 N–H and O–H groups in total. The molecule has 0 heterocycles. The highest BCUT2D eigenvalue weighted by molar-refractivity contribution is 5.79. The summed E-state index contributed by atoms with van der Waals surface area (Å²) in [7, 11) is 4.06. The summed E-state index contributed by atoms with van der Waals surface area (Å²) < 4.78 is 18.9. The number of guanidine groups is 1. The lowest BCUT2D eigenvalue weighted by molar-refractivity contribution is 0.259. The minimum Gasteiger partial charge on any atom is -0.492 e. The normalized spacial score (nSPS) is 11.5. The van der Waals surface area contributed by atoms with Gasteiger partial charge in [0.05, 0.1) is 6.54 Å². The minimum atomic E-state index is -0.210. The van der Waals surface area contributed by atoms with Crippen molar-refractivity contribution in [1.29, 1.82) is 0 Å². The van der Waals surface area contributed by atoms with Crippen LogP contribution >= 0.6 is 0 Å². The number of aliphatic imine (C=N–C) groups is 1. The summed E-state index contributed by atoms with van der Waals surface area (Å²) in [6, 6.07) is 14.6. The second-order valence-electron chi connectivity index (χ2n) is 6.76. The minimum absolute atomic E-state index is 0.210. The molecular formula is C22H31FN4O. The van der Waals surface area contributed by atoms with Gasteiger partial charge in [-0.25, -0.2) is 9.38 Å². The van der Waals surface area contributed by atoms with Crippen molar-refractivity contribution >= 4 is 5.96 Å². The number of hydrogen-bond donors (Lipinski definition) is 2. The summed E-state index contributed by atoms with van der Waals surface area (Å²) in [5.41, 5.74) is 2.14. The van der Waals surface area contributed by atoms with E-state index in [9.17, 15) is 4.39 Å².